The van der Waals surface area contributed by atoms with Crippen molar-refractivity contribution in [1.29, 1.82) is 0 Å². The highest BCUT2D eigenvalue weighted by Crippen LogP contribution is 2.14. The van der Waals surface area contributed by atoms with Gasteiger partial charge in [-0.2, -0.15) is 0 Å². The van der Waals surface area contributed by atoms with Gasteiger partial charge in [-0.15, -0.1) is 11.3 Å². The van der Waals surface area contributed by atoms with E-state index in [1.54, 1.807) is 6.07 Å². The van der Waals surface area contributed by atoms with E-state index in [0.29, 0.717) is 11.9 Å². The fourth-order valence-corrected chi connectivity index (χ4v) is 3.25. The zero-order valence-electron chi connectivity index (χ0n) is 14.0. The molecule has 0 unspecified atom stereocenters. The van der Waals surface area contributed by atoms with Crippen LogP contribution in [0.4, 0.5) is 5.69 Å². The molecule has 3 aromatic rings. The number of thiophene rings is 1. The van der Waals surface area contributed by atoms with Crippen molar-refractivity contribution < 1.29 is 4.79 Å². The minimum atomic E-state index is -0.127. The van der Waals surface area contributed by atoms with Gasteiger partial charge in [-0.3, -0.25) is 14.2 Å². The first-order valence-corrected chi connectivity index (χ1v) is 9.07. The first-order valence-electron chi connectivity index (χ1n) is 8.19. The van der Waals surface area contributed by atoms with E-state index in [4.69, 9.17) is 0 Å². The zero-order chi connectivity index (χ0) is 17.6. The van der Waals surface area contributed by atoms with Crippen molar-refractivity contribution in [3.63, 3.8) is 0 Å². The predicted molar refractivity (Wildman–Crippen MR) is 101 cm³/mol. The van der Waals surface area contributed by atoms with Gasteiger partial charge in [0.25, 0.3) is 5.56 Å². The van der Waals surface area contributed by atoms with Crippen LogP contribution < -0.4 is 16.2 Å². The van der Waals surface area contributed by atoms with Crippen LogP contribution >= 0.6 is 11.3 Å². The number of hydrogen-bond acceptors (Lipinski definition) is 5. The van der Waals surface area contributed by atoms with Crippen LogP contribution in [-0.4, -0.2) is 22.0 Å². The number of aromatic nitrogens is 2. The number of nitrogens with one attached hydrogen (secondary N) is 2. The Labute approximate surface area is 149 Å². The average molecular weight is 356 g/mol. The van der Waals surface area contributed by atoms with E-state index in [1.165, 1.54) is 22.2 Å². The standard InChI is InChI=1S/C18H20N4O2S/c1-2-19-11-13-4-3-5-14(10-13)21-16(23)6-8-22-12-20-17-15(18(22)24)7-9-25-17/h3-5,7,9-10,12,19H,2,6,8,11H2,1H3,(H,21,23). The number of carbonyl (C=O) groups is 1. The van der Waals surface area contributed by atoms with Crippen LogP contribution in [0.15, 0.2) is 46.8 Å². The molecule has 0 atom stereocenters. The van der Waals surface area contributed by atoms with Gasteiger partial charge in [0.15, 0.2) is 0 Å². The largest absolute Gasteiger partial charge is 0.326 e. The van der Waals surface area contributed by atoms with Crippen LogP contribution in [0.2, 0.25) is 0 Å². The summed E-state index contributed by atoms with van der Waals surface area (Å²) in [6, 6.07) is 9.51. The summed E-state index contributed by atoms with van der Waals surface area (Å²) >= 11 is 1.43. The molecule has 25 heavy (non-hydrogen) atoms. The number of fused-ring (bicyclic) bond motifs is 1. The van der Waals surface area contributed by atoms with Gasteiger partial charge in [-0.05, 0) is 35.7 Å². The molecular formula is C18H20N4O2S. The van der Waals surface area contributed by atoms with Gasteiger partial charge in [0.05, 0.1) is 11.7 Å². The summed E-state index contributed by atoms with van der Waals surface area (Å²) < 4.78 is 1.48. The fraction of sp³-hybridized carbons (Fsp3) is 0.278. The Morgan fingerprint density at radius 1 is 1.32 bits per heavy atom. The third kappa shape index (κ3) is 4.32. The van der Waals surface area contributed by atoms with Gasteiger partial charge >= 0.3 is 0 Å². The summed E-state index contributed by atoms with van der Waals surface area (Å²) in [7, 11) is 0. The first kappa shape index (κ1) is 17.3. The molecule has 0 aliphatic rings. The van der Waals surface area contributed by atoms with Crippen molar-refractivity contribution in [1.82, 2.24) is 14.9 Å². The summed E-state index contributed by atoms with van der Waals surface area (Å²) in [5.74, 6) is -0.127. The molecule has 130 valence electrons. The molecule has 0 radical (unpaired) electrons. The van der Waals surface area contributed by atoms with Crippen LogP contribution in [0.3, 0.4) is 0 Å². The number of carbonyl (C=O) groups excluding carboxylic acids is 1. The SMILES string of the molecule is CCNCc1cccc(NC(=O)CCn2cnc3sccc3c2=O)c1. The van der Waals surface area contributed by atoms with E-state index in [2.05, 4.69) is 22.5 Å². The van der Waals surface area contributed by atoms with Crippen LogP contribution in [0, 0.1) is 0 Å². The normalized spacial score (nSPS) is 10.9. The average Bonchev–Trinajstić information content (AvgIpc) is 3.09. The number of rotatable bonds is 7. The molecule has 1 aromatic carbocycles. The number of benzene rings is 1. The third-order valence-corrected chi connectivity index (χ3v) is 4.64. The molecule has 6 nitrogen and oxygen atoms in total. The van der Waals surface area contributed by atoms with Crippen LogP contribution in [0.5, 0.6) is 0 Å². The van der Waals surface area contributed by atoms with E-state index in [9.17, 15) is 9.59 Å². The number of anilines is 1. The topological polar surface area (TPSA) is 76.0 Å². The molecule has 0 saturated carbocycles. The van der Waals surface area contributed by atoms with Crippen LogP contribution in [0.1, 0.15) is 18.9 Å². The smallest absolute Gasteiger partial charge is 0.262 e. The second kappa shape index (κ2) is 8.04. The highest BCUT2D eigenvalue weighted by molar-refractivity contribution is 7.16. The van der Waals surface area contributed by atoms with E-state index < -0.39 is 0 Å². The lowest BCUT2D eigenvalue weighted by atomic mass is 10.2. The number of nitrogens with zero attached hydrogens (tertiary/aromatic N) is 2. The maximum atomic E-state index is 12.3. The molecule has 7 heteroatoms. The molecule has 0 bridgehead atoms. The van der Waals surface area contributed by atoms with Gasteiger partial charge in [0.2, 0.25) is 5.91 Å². The van der Waals surface area contributed by atoms with Crippen molar-refractivity contribution in [3.8, 4) is 0 Å². The Hall–Kier alpha value is -2.51. The van der Waals surface area contributed by atoms with Gasteiger partial charge in [0.1, 0.15) is 4.83 Å². The highest BCUT2D eigenvalue weighted by Gasteiger charge is 2.08. The molecular weight excluding hydrogens is 336 g/mol. The van der Waals surface area contributed by atoms with Crippen molar-refractivity contribution in [2.24, 2.45) is 0 Å². The highest BCUT2D eigenvalue weighted by atomic mass is 32.1. The summed E-state index contributed by atoms with van der Waals surface area (Å²) in [5.41, 5.74) is 1.77. The van der Waals surface area contributed by atoms with Crippen molar-refractivity contribution in [3.05, 3.63) is 58.0 Å². The minimum Gasteiger partial charge on any atom is -0.326 e. The number of amides is 1. The third-order valence-electron chi connectivity index (χ3n) is 3.82. The van der Waals surface area contributed by atoms with Crippen LogP contribution in [-0.2, 0) is 17.9 Å². The van der Waals surface area contributed by atoms with Gasteiger partial charge in [-0.1, -0.05) is 19.1 Å². The Bertz CT molecular complexity index is 932. The van der Waals surface area contributed by atoms with E-state index in [-0.39, 0.29) is 17.9 Å². The van der Waals surface area contributed by atoms with Gasteiger partial charge < -0.3 is 10.6 Å². The lowest BCUT2D eigenvalue weighted by molar-refractivity contribution is -0.116. The molecule has 1 amide bonds. The molecule has 2 aromatic heterocycles. The molecule has 2 N–H and O–H groups in total. The Morgan fingerprint density at radius 3 is 3.04 bits per heavy atom. The monoisotopic (exact) mass is 356 g/mol. The van der Waals surface area contributed by atoms with Crippen molar-refractivity contribution in [2.45, 2.75) is 26.4 Å². The van der Waals surface area contributed by atoms with Crippen molar-refractivity contribution in [2.75, 3.05) is 11.9 Å². The summed E-state index contributed by atoms with van der Waals surface area (Å²) in [4.78, 5) is 29.4. The molecule has 0 aliphatic carbocycles. The Kier molecular flexibility index (Phi) is 5.57. The summed E-state index contributed by atoms with van der Waals surface area (Å²) in [6.07, 6.45) is 1.72. The summed E-state index contributed by atoms with van der Waals surface area (Å²) in [5, 5.41) is 8.58. The minimum absolute atomic E-state index is 0.105. The van der Waals surface area contributed by atoms with Crippen molar-refractivity contribution >= 4 is 33.1 Å². The molecule has 0 aliphatic heterocycles. The lowest BCUT2D eigenvalue weighted by Gasteiger charge is -2.09. The summed E-state index contributed by atoms with van der Waals surface area (Å²) in [6.45, 7) is 4.02. The fourth-order valence-electron chi connectivity index (χ4n) is 2.53. The molecule has 2 heterocycles. The maximum Gasteiger partial charge on any atom is 0.262 e. The van der Waals surface area contributed by atoms with Crippen LogP contribution in [0.25, 0.3) is 10.2 Å². The molecule has 0 spiro atoms. The quantitative estimate of drug-likeness (QED) is 0.682. The number of hydrogen-bond donors (Lipinski definition) is 2. The maximum absolute atomic E-state index is 12.3. The second-order valence-corrected chi connectivity index (χ2v) is 6.56. The zero-order valence-corrected chi connectivity index (χ0v) is 14.8. The van der Waals surface area contributed by atoms with Gasteiger partial charge in [-0.25, -0.2) is 4.98 Å². The Morgan fingerprint density at radius 2 is 2.20 bits per heavy atom. The van der Waals surface area contributed by atoms with E-state index in [1.807, 2.05) is 29.6 Å². The molecule has 3 rings (SSSR count). The second-order valence-electron chi connectivity index (χ2n) is 5.66. The number of aryl methyl sites for hydroxylation is 1. The van der Waals surface area contributed by atoms with E-state index >= 15 is 0 Å². The Balaban J connectivity index is 1.60. The predicted octanol–water partition coefficient (Wildman–Crippen LogP) is 2.60. The lowest BCUT2D eigenvalue weighted by Crippen LogP contribution is -2.23. The molecule has 0 saturated heterocycles. The van der Waals surface area contributed by atoms with Gasteiger partial charge in [0, 0.05) is 25.2 Å². The molecule has 0 fully saturated rings. The first-order chi connectivity index (χ1) is 12.2. The van der Waals surface area contributed by atoms with E-state index in [0.717, 1.165) is 29.2 Å².